The maximum absolute atomic E-state index is 12.8. The molecule has 0 unspecified atom stereocenters. The van der Waals surface area contributed by atoms with Gasteiger partial charge in [-0.05, 0) is 30.2 Å². The normalized spacial score (nSPS) is 11.2. The molecule has 0 radical (unpaired) electrons. The molecule has 3 aromatic rings. The van der Waals surface area contributed by atoms with Gasteiger partial charge >= 0.3 is 0 Å². The van der Waals surface area contributed by atoms with Crippen molar-refractivity contribution in [2.24, 2.45) is 0 Å². The van der Waals surface area contributed by atoms with Gasteiger partial charge in [0.15, 0.2) is 5.16 Å². The number of nitrogens with zero attached hydrogens (tertiary/aromatic N) is 2. The number of hydrogen-bond acceptors (Lipinski definition) is 4. The van der Waals surface area contributed by atoms with Crippen LogP contribution in [0, 0.1) is 0 Å². The van der Waals surface area contributed by atoms with Crippen LogP contribution in [0.3, 0.4) is 0 Å². The Morgan fingerprint density at radius 1 is 1.36 bits per heavy atom. The van der Waals surface area contributed by atoms with Crippen molar-refractivity contribution in [3.63, 3.8) is 0 Å². The molecule has 0 saturated carbocycles. The SMILES string of the molecule is C=CCn1c(SCc2ccc(Cl)cc2Cl)nc2sc(CC)cc2c1=O. The Morgan fingerprint density at radius 2 is 2.16 bits per heavy atom. The van der Waals surface area contributed by atoms with Gasteiger partial charge < -0.3 is 0 Å². The predicted octanol–water partition coefficient (Wildman–Crippen LogP) is 5.81. The van der Waals surface area contributed by atoms with Gasteiger partial charge in [0.25, 0.3) is 5.56 Å². The average molecular weight is 411 g/mol. The number of benzene rings is 1. The van der Waals surface area contributed by atoms with Crippen molar-refractivity contribution in [2.75, 3.05) is 0 Å². The predicted molar refractivity (Wildman–Crippen MR) is 109 cm³/mol. The lowest BCUT2D eigenvalue weighted by atomic mass is 10.2. The maximum atomic E-state index is 12.8. The van der Waals surface area contributed by atoms with Gasteiger partial charge in [0.1, 0.15) is 4.83 Å². The largest absolute Gasteiger partial charge is 0.283 e. The summed E-state index contributed by atoms with van der Waals surface area (Å²) >= 11 is 15.2. The van der Waals surface area contributed by atoms with Gasteiger partial charge in [-0.1, -0.05) is 54.0 Å². The molecule has 0 aliphatic rings. The van der Waals surface area contributed by atoms with Crippen molar-refractivity contribution in [1.29, 1.82) is 0 Å². The molecule has 0 spiro atoms. The van der Waals surface area contributed by atoms with Crippen molar-refractivity contribution >= 4 is 56.5 Å². The summed E-state index contributed by atoms with van der Waals surface area (Å²) < 4.78 is 1.66. The Balaban J connectivity index is 2.00. The number of halogens is 2. The van der Waals surface area contributed by atoms with Crippen molar-refractivity contribution in [3.05, 3.63) is 67.8 Å². The standard InChI is InChI=1S/C18H16Cl2N2OS2/c1-3-7-22-17(23)14-9-13(4-2)25-16(14)21-18(22)24-10-11-5-6-12(19)8-15(11)20/h3,5-6,8-9H,1,4,7,10H2,2H3. The van der Waals surface area contributed by atoms with E-state index in [-0.39, 0.29) is 5.56 Å². The molecule has 0 fully saturated rings. The molecule has 7 heteroatoms. The molecule has 2 heterocycles. The van der Waals surface area contributed by atoms with E-state index in [4.69, 9.17) is 28.2 Å². The van der Waals surface area contributed by atoms with Gasteiger partial charge in [-0.2, -0.15) is 0 Å². The number of aryl methyl sites for hydroxylation is 1. The van der Waals surface area contributed by atoms with Crippen molar-refractivity contribution in [2.45, 2.75) is 30.8 Å². The molecule has 0 aliphatic heterocycles. The van der Waals surface area contributed by atoms with Crippen LogP contribution < -0.4 is 5.56 Å². The minimum absolute atomic E-state index is 0.0226. The van der Waals surface area contributed by atoms with Crippen LogP contribution in [0.4, 0.5) is 0 Å². The van der Waals surface area contributed by atoms with E-state index in [0.29, 0.717) is 32.9 Å². The van der Waals surface area contributed by atoms with E-state index in [1.54, 1.807) is 28.0 Å². The summed E-state index contributed by atoms with van der Waals surface area (Å²) in [4.78, 5) is 19.5. The molecule has 0 amide bonds. The van der Waals surface area contributed by atoms with Crippen LogP contribution in [0.2, 0.25) is 10.0 Å². The lowest BCUT2D eigenvalue weighted by molar-refractivity contribution is 0.673. The molecule has 3 rings (SSSR count). The fourth-order valence-electron chi connectivity index (χ4n) is 2.40. The summed E-state index contributed by atoms with van der Waals surface area (Å²) in [6.07, 6.45) is 2.60. The van der Waals surface area contributed by atoms with E-state index in [2.05, 4.69) is 13.5 Å². The van der Waals surface area contributed by atoms with Gasteiger partial charge in [-0.25, -0.2) is 4.98 Å². The summed E-state index contributed by atoms with van der Waals surface area (Å²) in [7, 11) is 0. The summed E-state index contributed by atoms with van der Waals surface area (Å²) in [6, 6.07) is 7.37. The molecular weight excluding hydrogens is 395 g/mol. The van der Waals surface area contributed by atoms with E-state index in [9.17, 15) is 4.79 Å². The summed E-state index contributed by atoms with van der Waals surface area (Å²) in [5, 5.41) is 2.57. The molecule has 0 bridgehead atoms. The van der Waals surface area contributed by atoms with Gasteiger partial charge in [-0.3, -0.25) is 9.36 Å². The van der Waals surface area contributed by atoms with Crippen LogP contribution >= 0.6 is 46.3 Å². The zero-order chi connectivity index (χ0) is 18.0. The quantitative estimate of drug-likeness (QED) is 0.292. The lowest BCUT2D eigenvalue weighted by Crippen LogP contribution is -2.22. The molecule has 130 valence electrons. The zero-order valence-electron chi connectivity index (χ0n) is 13.6. The Morgan fingerprint density at radius 3 is 2.84 bits per heavy atom. The molecule has 25 heavy (non-hydrogen) atoms. The molecular formula is C18H16Cl2N2OS2. The first kappa shape index (κ1) is 18.5. The number of allylic oxidation sites excluding steroid dienone is 1. The highest BCUT2D eigenvalue weighted by Crippen LogP contribution is 2.29. The smallest absolute Gasteiger partial charge is 0.263 e. The minimum Gasteiger partial charge on any atom is -0.283 e. The molecule has 0 atom stereocenters. The number of thiophene rings is 1. The summed E-state index contributed by atoms with van der Waals surface area (Å²) in [6.45, 7) is 6.25. The van der Waals surface area contributed by atoms with E-state index >= 15 is 0 Å². The first-order valence-corrected chi connectivity index (χ1v) is 10.3. The highest BCUT2D eigenvalue weighted by Gasteiger charge is 2.14. The number of thioether (sulfide) groups is 1. The molecule has 3 nitrogen and oxygen atoms in total. The Labute approximate surface area is 164 Å². The van der Waals surface area contributed by atoms with Gasteiger partial charge in [-0.15, -0.1) is 17.9 Å². The second-order valence-corrected chi connectivity index (χ2v) is 8.31. The highest BCUT2D eigenvalue weighted by atomic mass is 35.5. The number of aromatic nitrogens is 2. The Bertz CT molecular complexity index is 995. The monoisotopic (exact) mass is 410 g/mol. The first-order chi connectivity index (χ1) is 12.0. The van der Waals surface area contributed by atoms with Crippen LogP contribution in [0.15, 0.2) is 46.9 Å². The topological polar surface area (TPSA) is 34.9 Å². The Kier molecular flexibility index (Phi) is 5.89. The zero-order valence-corrected chi connectivity index (χ0v) is 16.7. The third-order valence-electron chi connectivity index (χ3n) is 3.70. The van der Waals surface area contributed by atoms with E-state index in [0.717, 1.165) is 21.7 Å². The number of fused-ring (bicyclic) bond motifs is 1. The summed E-state index contributed by atoms with van der Waals surface area (Å²) in [5.74, 6) is 0.608. The van der Waals surface area contributed by atoms with Crippen LogP contribution in [-0.2, 0) is 18.7 Å². The second kappa shape index (κ2) is 7.96. The maximum Gasteiger partial charge on any atom is 0.263 e. The van der Waals surface area contributed by atoms with Gasteiger partial charge in [0.05, 0.1) is 5.39 Å². The average Bonchev–Trinajstić information content (AvgIpc) is 3.00. The molecule has 0 aliphatic carbocycles. The molecule has 1 aromatic carbocycles. The molecule has 2 aromatic heterocycles. The van der Waals surface area contributed by atoms with Crippen molar-refractivity contribution < 1.29 is 0 Å². The molecule has 0 N–H and O–H groups in total. The van der Waals surface area contributed by atoms with E-state index in [1.807, 2.05) is 18.2 Å². The van der Waals surface area contributed by atoms with Crippen LogP contribution in [0.25, 0.3) is 10.2 Å². The van der Waals surface area contributed by atoms with Crippen LogP contribution in [-0.4, -0.2) is 9.55 Å². The lowest BCUT2D eigenvalue weighted by Gasteiger charge is -2.10. The third-order valence-corrected chi connectivity index (χ3v) is 6.48. The third kappa shape index (κ3) is 3.95. The fourth-order valence-corrected chi connectivity index (χ4v) is 4.98. The Hall–Kier alpha value is -1.27. The van der Waals surface area contributed by atoms with Gasteiger partial charge in [0.2, 0.25) is 0 Å². The number of hydrogen-bond donors (Lipinski definition) is 0. The summed E-state index contributed by atoms with van der Waals surface area (Å²) in [5.41, 5.74) is 0.932. The fraction of sp³-hybridized carbons (Fsp3) is 0.222. The first-order valence-electron chi connectivity index (χ1n) is 7.74. The molecule has 0 saturated heterocycles. The van der Waals surface area contributed by atoms with Crippen molar-refractivity contribution in [1.82, 2.24) is 9.55 Å². The number of rotatable bonds is 6. The van der Waals surface area contributed by atoms with Crippen LogP contribution in [0.5, 0.6) is 0 Å². The van der Waals surface area contributed by atoms with Gasteiger partial charge in [0, 0.05) is 27.2 Å². The van der Waals surface area contributed by atoms with E-state index < -0.39 is 0 Å². The van der Waals surface area contributed by atoms with Crippen molar-refractivity contribution in [3.8, 4) is 0 Å². The van der Waals surface area contributed by atoms with E-state index in [1.165, 1.54) is 11.8 Å². The minimum atomic E-state index is -0.0226. The second-order valence-electron chi connectivity index (χ2n) is 5.41. The highest BCUT2D eigenvalue weighted by molar-refractivity contribution is 7.98. The van der Waals surface area contributed by atoms with Crippen LogP contribution in [0.1, 0.15) is 17.4 Å².